The van der Waals surface area contributed by atoms with E-state index in [9.17, 15) is 0 Å². The molecule has 3 N–H and O–H groups in total. The first-order valence-corrected chi connectivity index (χ1v) is 4.70. The van der Waals surface area contributed by atoms with Crippen molar-refractivity contribution in [1.82, 2.24) is 15.3 Å². The maximum atomic E-state index is 5.55. The van der Waals surface area contributed by atoms with Crippen LogP contribution in [0, 0.1) is 0 Å². The van der Waals surface area contributed by atoms with Crippen molar-refractivity contribution in [3.8, 4) is 0 Å². The van der Waals surface area contributed by atoms with Crippen LogP contribution in [0.5, 0.6) is 0 Å². The van der Waals surface area contributed by atoms with Gasteiger partial charge in [-0.1, -0.05) is 0 Å². The van der Waals surface area contributed by atoms with E-state index in [1.54, 1.807) is 0 Å². The van der Waals surface area contributed by atoms with E-state index in [0.29, 0.717) is 18.0 Å². The molecule has 0 aliphatic carbocycles. The van der Waals surface area contributed by atoms with E-state index in [4.69, 9.17) is 5.73 Å². The third-order valence-corrected chi connectivity index (χ3v) is 2.97. The molecule has 6 heteroatoms. The minimum atomic E-state index is 0. The van der Waals surface area contributed by atoms with E-state index in [0.717, 1.165) is 12.1 Å². The first-order chi connectivity index (χ1) is 6.33. The zero-order valence-corrected chi connectivity index (χ0v) is 9.77. The van der Waals surface area contributed by atoms with Crippen LogP contribution in [-0.2, 0) is 6.42 Å². The number of aromatic nitrogens is 2. The van der Waals surface area contributed by atoms with Crippen molar-refractivity contribution < 1.29 is 0 Å². The average molecular weight is 249 g/mol. The first-order valence-electron chi connectivity index (χ1n) is 4.70. The number of hydrogen-bond donors (Lipinski definition) is 2. The van der Waals surface area contributed by atoms with Crippen molar-refractivity contribution in [2.24, 2.45) is 0 Å². The molecule has 0 radical (unpaired) electrons. The molecule has 0 spiro atoms. The van der Waals surface area contributed by atoms with Crippen LogP contribution in [0.15, 0.2) is 6.20 Å². The lowest BCUT2D eigenvalue weighted by Gasteiger charge is -2.22. The Morgan fingerprint density at radius 3 is 2.93 bits per heavy atom. The highest BCUT2D eigenvalue weighted by atomic mass is 35.5. The quantitative estimate of drug-likeness (QED) is 0.726. The Bertz CT molecular complexity index is 358. The van der Waals surface area contributed by atoms with Crippen molar-refractivity contribution in [2.75, 3.05) is 5.73 Å². The standard InChI is InChI=1S/C9H12N4.2ClH/c10-9-11-4-6-7-2-1-5(12-7)3-8(6)13-9;;/h4-5,7,12H,1-3H2,(H2,10,11,13);2*1H. The predicted molar refractivity (Wildman–Crippen MR) is 63.5 cm³/mol. The van der Waals surface area contributed by atoms with E-state index in [1.165, 1.54) is 18.4 Å². The largest absolute Gasteiger partial charge is 0.368 e. The van der Waals surface area contributed by atoms with Crippen LogP contribution in [0.2, 0.25) is 0 Å². The fourth-order valence-corrected chi connectivity index (χ4v) is 2.36. The number of hydrogen-bond acceptors (Lipinski definition) is 4. The van der Waals surface area contributed by atoms with Crippen molar-refractivity contribution in [3.63, 3.8) is 0 Å². The summed E-state index contributed by atoms with van der Waals surface area (Å²) in [4.78, 5) is 8.32. The third-order valence-electron chi connectivity index (χ3n) is 2.97. The summed E-state index contributed by atoms with van der Waals surface area (Å²) in [7, 11) is 0. The smallest absolute Gasteiger partial charge is 0.220 e. The zero-order valence-electron chi connectivity index (χ0n) is 8.14. The van der Waals surface area contributed by atoms with Gasteiger partial charge in [-0.3, -0.25) is 0 Å². The lowest BCUT2D eigenvalue weighted by atomic mass is 10.0. The van der Waals surface area contributed by atoms with Crippen LogP contribution in [-0.4, -0.2) is 16.0 Å². The number of nitrogens with two attached hydrogens (primary N) is 1. The highest BCUT2D eigenvalue weighted by molar-refractivity contribution is 5.85. The Labute approximate surface area is 101 Å². The summed E-state index contributed by atoms with van der Waals surface area (Å²) in [6.07, 6.45) is 5.35. The summed E-state index contributed by atoms with van der Waals surface area (Å²) < 4.78 is 0. The van der Waals surface area contributed by atoms with E-state index >= 15 is 0 Å². The molecule has 1 fully saturated rings. The fourth-order valence-electron chi connectivity index (χ4n) is 2.36. The van der Waals surface area contributed by atoms with E-state index in [-0.39, 0.29) is 24.8 Å². The summed E-state index contributed by atoms with van der Waals surface area (Å²) >= 11 is 0. The van der Waals surface area contributed by atoms with Gasteiger partial charge in [-0.15, -0.1) is 24.8 Å². The Morgan fingerprint density at radius 1 is 1.33 bits per heavy atom. The molecule has 15 heavy (non-hydrogen) atoms. The van der Waals surface area contributed by atoms with Crippen LogP contribution in [0.25, 0.3) is 0 Å². The number of fused-ring (bicyclic) bond motifs is 4. The Kier molecular flexibility index (Phi) is 3.76. The molecule has 2 aliphatic rings. The molecule has 2 aliphatic heterocycles. The highest BCUT2D eigenvalue weighted by Gasteiger charge is 2.33. The third kappa shape index (κ3) is 2.02. The summed E-state index contributed by atoms with van der Waals surface area (Å²) in [5.41, 5.74) is 7.95. The van der Waals surface area contributed by atoms with Gasteiger partial charge in [0, 0.05) is 30.3 Å². The SMILES string of the molecule is Cl.Cl.Nc1ncc2c(n1)CC1CCC2N1. The van der Waals surface area contributed by atoms with Gasteiger partial charge in [-0.25, -0.2) is 9.97 Å². The van der Waals surface area contributed by atoms with Crippen LogP contribution >= 0.6 is 24.8 Å². The maximum absolute atomic E-state index is 5.55. The molecular formula is C9H14Cl2N4. The van der Waals surface area contributed by atoms with Crippen molar-refractivity contribution in [2.45, 2.75) is 31.3 Å². The van der Waals surface area contributed by atoms with E-state index < -0.39 is 0 Å². The van der Waals surface area contributed by atoms with Gasteiger partial charge in [-0.2, -0.15) is 0 Å². The van der Waals surface area contributed by atoms with E-state index in [2.05, 4.69) is 15.3 Å². The first kappa shape index (κ1) is 12.5. The van der Waals surface area contributed by atoms with Crippen LogP contribution in [0.1, 0.15) is 30.1 Å². The fraction of sp³-hybridized carbons (Fsp3) is 0.556. The van der Waals surface area contributed by atoms with Crippen molar-refractivity contribution in [1.29, 1.82) is 0 Å². The van der Waals surface area contributed by atoms with Gasteiger partial charge >= 0.3 is 0 Å². The monoisotopic (exact) mass is 248 g/mol. The van der Waals surface area contributed by atoms with Gasteiger partial charge in [-0.05, 0) is 12.8 Å². The molecular weight excluding hydrogens is 235 g/mol. The minimum Gasteiger partial charge on any atom is -0.368 e. The van der Waals surface area contributed by atoms with Gasteiger partial charge in [0.05, 0.1) is 5.69 Å². The molecule has 1 saturated heterocycles. The normalized spacial score (nSPS) is 26.1. The number of nitrogen functional groups attached to an aromatic ring is 1. The van der Waals surface area contributed by atoms with Crippen LogP contribution in [0.3, 0.4) is 0 Å². The molecule has 2 unspecified atom stereocenters. The molecule has 2 bridgehead atoms. The molecule has 1 aromatic heterocycles. The molecule has 0 amide bonds. The number of rotatable bonds is 0. The van der Waals surface area contributed by atoms with Crippen LogP contribution < -0.4 is 11.1 Å². The second-order valence-electron chi connectivity index (χ2n) is 3.83. The average Bonchev–Trinajstić information content (AvgIpc) is 2.48. The summed E-state index contributed by atoms with van der Waals surface area (Å²) in [5, 5.41) is 3.55. The number of nitrogens with one attached hydrogen (secondary N) is 1. The van der Waals surface area contributed by atoms with Crippen LogP contribution in [0.4, 0.5) is 5.95 Å². The Hall–Kier alpha value is -0.580. The Morgan fingerprint density at radius 2 is 2.13 bits per heavy atom. The minimum absolute atomic E-state index is 0. The number of anilines is 1. The van der Waals surface area contributed by atoms with Gasteiger partial charge in [0.2, 0.25) is 5.95 Å². The van der Waals surface area contributed by atoms with Crippen molar-refractivity contribution >= 4 is 30.8 Å². The molecule has 0 aromatic carbocycles. The second-order valence-corrected chi connectivity index (χ2v) is 3.83. The van der Waals surface area contributed by atoms with Gasteiger partial charge < -0.3 is 11.1 Å². The zero-order chi connectivity index (χ0) is 8.84. The molecule has 2 atom stereocenters. The molecule has 3 rings (SSSR count). The Balaban J connectivity index is 0.000000562. The number of nitrogens with zero attached hydrogens (tertiary/aromatic N) is 2. The summed E-state index contributed by atoms with van der Waals surface area (Å²) in [6.45, 7) is 0. The predicted octanol–water partition coefficient (Wildman–Crippen LogP) is 1.25. The number of halogens is 2. The van der Waals surface area contributed by atoms with Crippen molar-refractivity contribution in [3.05, 3.63) is 17.5 Å². The lowest BCUT2D eigenvalue weighted by Crippen LogP contribution is -2.32. The highest BCUT2D eigenvalue weighted by Crippen LogP contribution is 2.34. The topological polar surface area (TPSA) is 63.8 Å². The lowest BCUT2D eigenvalue weighted by molar-refractivity contribution is 0.505. The second kappa shape index (κ2) is 4.51. The van der Waals surface area contributed by atoms with Gasteiger partial charge in [0.1, 0.15) is 0 Å². The molecule has 0 saturated carbocycles. The molecule has 1 aromatic rings. The molecule has 3 heterocycles. The summed E-state index contributed by atoms with van der Waals surface area (Å²) in [6, 6.07) is 1.10. The van der Waals surface area contributed by atoms with Gasteiger partial charge in [0.15, 0.2) is 0 Å². The molecule has 4 nitrogen and oxygen atoms in total. The molecule has 84 valence electrons. The maximum Gasteiger partial charge on any atom is 0.220 e. The van der Waals surface area contributed by atoms with Gasteiger partial charge in [0.25, 0.3) is 0 Å². The van der Waals surface area contributed by atoms with E-state index in [1.807, 2.05) is 6.20 Å². The summed E-state index contributed by atoms with van der Waals surface area (Å²) in [5.74, 6) is 0.403.